The second-order valence-corrected chi connectivity index (χ2v) is 14.9. The molecule has 3 aromatic heterocycles. The molecular formula is C37H46N8O4. The Morgan fingerprint density at radius 2 is 1.92 bits per heavy atom. The van der Waals surface area contributed by atoms with Crippen molar-refractivity contribution in [2.45, 2.75) is 65.1 Å². The Bertz CT molecular complexity index is 1830. The number of likely N-dealkylation sites (N-methyl/N-ethyl adjacent to an activating group) is 1. The minimum absolute atomic E-state index is 0.0976. The van der Waals surface area contributed by atoms with E-state index in [0.29, 0.717) is 53.8 Å². The van der Waals surface area contributed by atoms with Crippen LogP contribution in [0.1, 0.15) is 53.6 Å². The van der Waals surface area contributed by atoms with Crippen molar-refractivity contribution >= 4 is 28.8 Å². The molecule has 0 spiro atoms. The van der Waals surface area contributed by atoms with Gasteiger partial charge in [-0.15, -0.1) is 0 Å². The number of hydrogen-bond donors (Lipinski definition) is 3. The highest BCUT2D eigenvalue weighted by Crippen LogP contribution is 2.40. The first-order chi connectivity index (χ1) is 23.6. The summed E-state index contributed by atoms with van der Waals surface area (Å²) in [6, 6.07) is 8.82. The van der Waals surface area contributed by atoms with Crippen molar-refractivity contribution in [3.05, 3.63) is 82.7 Å². The number of hydrogen-bond acceptors (Lipinski definition) is 10. The lowest BCUT2D eigenvalue weighted by molar-refractivity contribution is -0.0691. The Hall–Kier alpha value is -4.23. The fourth-order valence-corrected chi connectivity index (χ4v) is 8.20. The van der Waals surface area contributed by atoms with Crippen LogP contribution in [-0.2, 0) is 30.7 Å². The quantitative estimate of drug-likeness (QED) is 0.347. The van der Waals surface area contributed by atoms with E-state index < -0.39 is 6.23 Å². The molecule has 1 aliphatic carbocycles. The number of aromatic nitrogens is 3. The second kappa shape index (κ2) is 12.3. The maximum absolute atomic E-state index is 13.9. The van der Waals surface area contributed by atoms with E-state index in [-0.39, 0.29) is 17.9 Å². The van der Waals surface area contributed by atoms with Crippen LogP contribution in [0.3, 0.4) is 0 Å². The van der Waals surface area contributed by atoms with Crippen LogP contribution < -0.4 is 15.1 Å². The fourth-order valence-electron chi connectivity index (χ4n) is 8.20. The number of amides is 1. The van der Waals surface area contributed by atoms with Crippen LogP contribution in [-0.4, -0.2) is 105 Å². The Balaban J connectivity index is 1.01. The number of nitrogens with one attached hydrogen (secondary N) is 1. The van der Waals surface area contributed by atoms with Crippen molar-refractivity contribution in [2.75, 3.05) is 61.6 Å². The van der Waals surface area contributed by atoms with E-state index in [2.05, 4.69) is 57.6 Å². The van der Waals surface area contributed by atoms with Gasteiger partial charge in [-0.25, -0.2) is 9.97 Å². The molecule has 258 valence electrons. The topological polar surface area (TPSA) is 122 Å². The van der Waals surface area contributed by atoms with Gasteiger partial charge >= 0.3 is 0 Å². The molecule has 2 atom stereocenters. The molecule has 8 rings (SSSR count). The molecule has 12 heteroatoms. The maximum Gasteiger partial charge on any atom is 0.276 e. The summed E-state index contributed by atoms with van der Waals surface area (Å²) in [6.45, 7) is 12.3. The third kappa shape index (κ3) is 5.70. The molecule has 0 saturated carbocycles. The zero-order valence-electron chi connectivity index (χ0n) is 28.8. The smallest absolute Gasteiger partial charge is 0.276 e. The van der Waals surface area contributed by atoms with Gasteiger partial charge in [-0.2, -0.15) is 0 Å². The minimum atomic E-state index is -0.920. The molecular weight excluding hydrogens is 620 g/mol. The van der Waals surface area contributed by atoms with Crippen molar-refractivity contribution in [3.8, 4) is 0 Å². The molecule has 12 nitrogen and oxygen atoms in total. The van der Waals surface area contributed by atoms with Gasteiger partial charge < -0.3 is 34.6 Å². The van der Waals surface area contributed by atoms with Crippen LogP contribution in [0.2, 0.25) is 0 Å². The van der Waals surface area contributed by atoms with E-state index in [1.807, 2.05) is 30.6 Å². The molecule has 0 radical (unpaired) electrons. The summed E-state index contributed by atoms with van der Waals surface area (Å²) in [4.78, 5) is 31.5. The first-order valence-corrected chi connectivity index (χ1v) is 17.4. The Labute approximate surface area is 287 Å². The number of pyridine rings is 2. The van der Waals surface area contributed by atoms with Gasteiger partial charge in [0.05, 0.1) is 43.4 Å². The van der Waals surface area contributed by atoms with E-state index in [9.17, 15) is 15.0 Å². The van der Waals surface area contributed by atoms with E-state index >= 15 is 0 Å². The van der Waals surface area contributed by atoms with Gasteiger partial charge in [0.2, 0.25) is 0 Å². The van der Waals surface area contributed by atoms with Crippen molar-refractivity contribution in [1.82, 2.24) is 24.3 Å². The van der Waals surface area contributed by atoms with Gasteiger partial charge in [0.1, 0.15) is 17.3 Å². The molecule has 1 amide bonds. The largest absolute Gasteiger partial charge is 0.392 e. The summed E-state index contributed by atoms with van der Waals surface area (Å²) in [6.07, 6.45) is 8.30. The predicted molar refractivity (Wildman–Crippen MR) is 188 cm³/mol. The molecule has 2 fully saturated rings. The summed E-state index contributed by atoms with van der Waals surface area (Å²) < 4.78 is 7.58. The Morgan fingerprint density at radius 3 is 2.63 bits per heavy atom. The monoisotopic (exact) mass is 666 g/mol. The number of aliphatic hydroxyl groups excluding tert-OH is 2. The van der Waals surface area contributed by atoms with Crippen molar-refractivity contribution in [2.24, 2.45) is 5.41 Å². The Morgan fingerprint density at radius 1 is 1.08 bits per heavy atom. The van der Waals surface area contributed by atoms with E-state index in [1.165, 1.54) is 11.3 Å². The summed E-state index contributed by atoms with van der Waals surface area (Å²) >= 11 is 0. The van der Waals surface area contributed by atoms with E-state index in [4.69, 9.17) is 9.72 Å². The van der Waals surface area contributed by atoms with Gasteiger partial charge in [0.25, 0.3) is 5.91 Å². The number of carbonyl (C=O) groups excluding carboxylic acids is 1. The average Bonchev–Trinajstić information content (AvgIpc) is 3.55. The first kappa shape index (κ1) is 32.0. The summed E-state index contributed by atoms with van der Waals surface area (Å²) in [5.74, 6) is 0.986. The molecule has 7 heterocycles. The number of aliphatic hydroxyl groups is 2. The predicted octanol–water partition coefficient (Wildman–Crippen LogP) is 3.07. The summed E-state index contributed by atoms with van der Waals surface area (Å²) in [5, 5.41) is 25.1. The standard InChI is InChI=1S/C37H46N8O4/c1-23-18-42(27-21-49-22-27)9-10-43(23)26-5-6-33(39-17-26)40-30-13-25(19-41(4)35(30)47)28-7-8-38-34(29(28)20-46)45-12-11-44-31(36(45)48)14-24-15-37(2,3)16-32(24)44/h5-8,13-14,17,19,23,27,35,46-47H,9-12,15-16,18,20-22H2,1-4H3,(H,39,40)/t23-,35?/m0/s1. The third-order valence-electron chi connectivity index (χ3n) is 10.8. The van der Waals surface area contributed by atoms with Crippen LogP contribution >= 0.6 is 0 Å². The molecule has 5 aliphatic rings. The van der Waals surface area contributed by atoms with Gasteiger partial charge in [0.15, 0.2) is 6.23 Å². The highest BCUT2D eigenvalue weighted by molar-refractivity contribution is 6.06. The lowest BCUT2D eigenvalue weighted by Gasteiger charge is -2.46. The van der Waals surface area contributed by atoms with Gasteiger partial charge in [-0.3, -0.25) is 14.6 Å². The molecule has 49 heavy (non-hydrogen) atoms. The summed E-state index contributed by atoms with van der Waals surface area (Å²) in [7, 11) is 1.80. The fraction of sp³-hybridized carbons (Fsp3) is 0.486. The highest BCUT2D eigenvalue weighted by Gasteiger charge is 2.38. The van der Waals surface area contributed by atoms with Crippen LogP contribution in [0.15, 0.2) is 54.6 Å². The molecule has 1 unspecified atom stereocenters. The Kier molecular flexibility index (Phi) is 8.02. The number of nitrogens with zero attached hydrogens (tertiary/aromatic N) is 7. The van der Waals surface area contributed by atoms with Crippen molar-refractivity contribution < 1.29 is 19.7 Å². The van der Waals surface area contributed by atoms with E-state index in [0.717, 1.165) is 62.5 Å². The lowest BCUT2D eigenvalue weighted by atomic mass is 9.90. The van der Waals surface area contributed by atoms with Crippen molar-refractivity contribution in [1.29, 1.82) is 0 Å². The molecule has 0 aromatic carbocycles. The first-order valence-electron chi connectivity index (χ1n) is 17.4. The molecule has 3 aromatic rings. The molecule has 3 N–H and O–H groups in total. The number of carbonyl (C=O) groups is 1. The number of allylic oxidation sites excluding steroid dienone is 2. The van der Waals surface area contributed by atoms with Crippen molar-refractivity contribution in [3.63, 3.8) is 0 Å². The third-order valence-corrected chi connectivity index (χ3v) is 10.8. The molecule has 0 bridgehead atoms. The number of rotatable bonds is 7. The average molecular weight is 667 g/mol. The number of fused-ring (bicyclic) bond motifs is 3. The van der Waals surface area contributed by atoms with Crippen LogP contribution in [0.25, 0.3) is 5.57 Å². The number of ether oxygens (including phenoxy) is 1. The maximum atomic E-state index is 13.9. The number of piperazine rings is 1. The molecule has 4 aliphatic heterocycles. The molecule has 2 saturated heterocycles. The lowest BCUT2D eigenvalue weighted by Crippen LogP contribution is -2.59. The van der Waals surface area contributed by atoms with Gasteiger partial charge in [-0.1, -0.05) is 13.8 Å². The number of anilines is 3. The second-order valence-electron chi connectivity index (χ2n) is 14.9. The van der Waals surface area contributed by atoms with Gasteiger partial charge in [0, 0.05) is 75.0 Å². The summed E-state index contributed by atoms with van der Waals surface area (Å²) in [5.41, 5.74) is 7.14. The van der Waals surface area contributed by atoms with Crippen LogP contribution in [0.4, 0.5) is 17.3 Å². The minimum Gasteiger partial charge on any atom is -0.392 e. The zero-order chi connectivity index (χ0) is 34.0. The van der Waals surface area contributed by atoms with Gasteiger partial charge in [-0.05, 0) is 66.6 Å². The zero-order valence-corrected chi connectivity index (χ0v) is 28.8. The van der Waals surface area contributed by atoms with Crippen LogP contribution in [0, 0.1) is 5.41 Å². The SMILES string of the molecule is C[C@H]1CN(C2COC2)CCN1c1ccc(NC2=CC(c3ccnc(N4CCn5c(cc6c5CC(C)(C)C6)C4=O)c3CO)=CN(C)C2O)nc1. The highest BCUT2D eigenvalue weighted by atomic mass is 16.5. The van der Waals surface area contributed by atoms with E-state index in [1.54, 1.807) is 23.0 Å². The van der Waals surface area contributed by atoms with Crippen LogP contribution in [0.5, 0.6) is 0 Å². The normalized spacial score (nSPS) is 24.0.